The molecule has 3 atom stereocenters. The van der Waals surface area contributed by atoms with Gasteiger partial charge in [0, 0.05) is 24.1 Å². The Balaban J connectivity index is 1.84. The molecule has 0 bridgehead atoms. The van der Waals surface area contributed by atoms with E-state index in [1.165, 1.54) is 24.1 Å². The molecule has 90 valence electrons. The highest BCUT2D eigenvalue weighted by Crippen LogP contribution is 2.25. The maximum atomic E-state index is 5.46. The maximum absolute atomic E-state index is 5.46. The molecule has 0 aromatic carbocycles. The van der Waals surface area contributed by atoms with E-state index in [1.54, 1.807) is 0 Å². The van der Waals surface area contributed by atoms with Crippen molar-refractivity contribution in [1.29, 1.82) is 0 Å². The van der Waals surface area contributed by atoms with Crippen LogP contribution in [-0.4, -0.2) is 19.3 Å². The first kappa shape index (κ1) is 12.1. The van der Waals surface area contributed by atoms with E-state index in [4.69, 9.17) is 4.74 Å². The molecule has 1 aromatic rings. The van der Waals surface area contributed by atoms with Crippen LogP contribution in [-0.2, 0) is 4.74 Å². The highest BCUT2D eigenvalue weighted by Gasteiger charge is 2.23. The van der Waals surface area contributed by atoms with Crippen LogP contribution in [0.3, 0.4) is 0 Å². The number of ether oxygens (including phenoxy) is 1. The van der Waals surface area contributed by atoms with E-state index in [0.29, 0.717) is 18.2 Å². The molecular formula is C13H21NOS. The van der Waals surface area contributed by atoms with Gasteiger partial charge in [-0.2, -0.15) is 0 Å². The van der Waals surface area contributed by atoms with Crippen LogP contribution in [0.15, 0.2) is 17.5 Å². The smallest absolute Gasteiger partial charge is 0.0586 e. The SMILES string of the molecule is COC1CCCC(N[C@H](C)c2cccs2)C1. The van der Waals surface area contributed by atoms with E-state index in [2.05, 4.69) is 29.8 Å². The molecule has 1 saturated carbocycles. The largest absolute Gasteiger partial charge is 0.381 e. The molecule has 1 fully saturated rings. The van der Waals surface area contributed by atoms with Crippen molar-refractivity contribution in [2.45, 2.75) is 50.8 Å². The van der Waals surface area contributed by atoms with Crippen molar-refractivity contribution in [3.63, 3.8) is 0 Å². The molecule has 2 nitrogen and oxygen atoms in total. The van der Waals surface area contributed by atoms with Crippen molar-refractivity contribution < 1.29 is 4.74 Å². The number of rotatable bonds is 4. The fourth-order valence-corrected chi connectivity index (χ4v) is 3.23. The predicted octanol–water partition coefficient (Wildman–Crippen LogP) is 3.36. The summed E-state index contributed by atoms with van der Waals surface area (Å²) in [7, 11) is 1.83. The van der Waals surface area contributed by atoms with Crippen molar-refractivity contribution in [2.24, 2.45) is 0 Å². The van der Waals surface area contributed by atoms with Gasteiger partial charge in [-0.1, -0.05) is 6.07 Å². The number of hydrogen-bond acceptors (Lipinski definition) is 3. The van der Waals surface area contributed by atoms with Crippen LogP contribution in [0.25, 0.3) is 0 Å². The summed E-state index contributed by atoms with van der Waals surface area (Å²) < 4.78 is 5.46. The van der Waals surface area contributed by atoms with E-state index in [1.807, 2.05) is 18.4 Å². The van der Waals surface area contributed by atoms with Crippen LogP contribution >= 0.6 is 11.3 Å². The molecule has 0 spiro atoms. The zero-order valence-corrected chi connectivity index (χ0v) is 10.9. The molecular weight excluding hydrogens is 218 g/mol. The average Bonchev–Trinajstić information content (AvgIpc) is 2.83. The van der Waals surface area contributed by atoms with Crippen molar-refractivity contribution in [3.8, 4) is 0 Å². The lowest BCUT2D eigenvalue weighted by atomic mass is 9.92. The summed E-state index contributed by atoms with van der Waals surface area (Å²) >= 11 is 1.83. The highest BCUT2D eigenvalue weighted by atomic mass is 32.1. The minimum Gasteiger partial charge on any atom is -0.381 e. The van der Waals surface area contributed by atoms with Gasteiger partial charge in [0.05, 0.1) is 6.10 Å². The summed E-state index contributed by atoms with van der Waals surface area (Å²) in [6.45, 7) is 2.25. The standard InChI is InChI=1S/C13H21NOS/c1-10(13-7-4-8-16-13)14-11-5-3-6-12(9-11)15-2/h4,7-8,10-12,14H,3,5-6,9H2,1-2H3/t10-,11?,12?/m1/s1. The zero-order valence-electron chi connectivity index (χ0n) is 10.1. The van der Waals surface area contributed by atoms with Gasteiger partial charge in [-0.05, 0) is 44.1 Å². The van der Waals surface area contributed by atoms with Gasteiger partial charge in [-0.3, -0.25) is 0 Å². The Morgan fingerprint density at radius 3 is 3.06 bits per heavy atom. The van der Waals surface area contributed by atoms with Gasteiger partial charge in [0.25, 0.3) is 0 Å². The van der Waals surface area contributed by atoms with E-state index in [9.17, 15) is 0 Å². The van der Waals surface area contributed by atoms with Gasteiger partial charge in [-0.15, -0.1) is 11.3 Å². The van der Waals surface area contributed by atoms with Gasteiger partial charge < -0.3 is 10.1 Å². The first-order valence-corrected chi connectivity index (χ1v) is 7.00. The van der Waals surface area contributed by atoms with E-state index < -0.39 is 0 Å². The second-order valence-electron chi connectivity index (χ2n) is 4.63. The molecule has 0 radical (unpaired) electrons. The van der Waals surface area contributed by atoms with Crippen molar-refractivity contribution >= 4 is 11.3 Å². The van der Waals surface area contributed by atoms with E-state index in [-0.39, 0.29) is 0 Å². The Morgan fingerprint density at radius 1 is 1.50 bits per heavy atom. The Kier molecular flexibility index (Phi) is 4.38. The quantitative estimate of drug-likeness (QED) is 0.870. The van der Waals surface area contributed by atoms with Crippen molar-refractivity contribution in [2.75, 3.05) is 7.11 Å². The Morgan fingerprint density at radius 2 is 2.38 bits per heavy atom. The molecule has 0 amide bonds. The average molecular weight is 239 g/mol. The van der Waals surface area contributed by atoms with Crippen LogP contribution in [0.1, 0.15) is 43.5 Å². The molecule has 16 heavy (non-hydrogen) atoms. The molecule has 0 aliphatic heterocycles. The summed E-state index contributed by atoms with van der Waals surface area (Å²) in [5, 5.41) is 5.86. The minimum absolute atomic E-state index is 0.460. The van der Waals surface area contributed by atoms with Crippen LogP contribution in [0.4, 0.5) is 0 Å². The first-order valence-electron chi connectivity index (χ1n) is 6.12. The molecule has 1 aliphatic rings. The topological polar surface area (TPSA) is 21.3 Å². The third kappa shape index (κ3) is 3.06. The molecule has 2 unspecified atom stereocenters. The lowest BCUT2D eigenvalue weighted by Crippen LogP contribution is -2.37. The van der Waals surface area contributed by atoms with Crippen molar-refractivity contribution in [3.05, 3.63) is 22.4 Å². The van der Waals surface area contributed by atoms with Gasteiger partial charge in [-0.25, -0.2) is 0 Å². The normalized spacial score (nSPS) is 27.9. The van der Waals surface area contributed by atoms with Gasteiger partial charge >= 0.3 is 0 Å². The molecule has 1 aliphatic carbocycles. The van der Waals surface area contributed by atoms with Gasteiger partial charge in [0.1, 0.15) is 0 Å². The van der Waals surface area contributed by atoms with Crippen LogP contribution in [0, 0.1) is 0 Å². The predicted molar refractivity (Wildman–Crippen MR) is 68.9 cm³/mol. The molecule has 1 aromatic heterocycles. The zero-order chi connectivity index (χ0) is 11.4. The Hall–Kier alpha value is -0.380. The molecule has 0 saturated heterocycles. The molecule has 1 N–H and O–H groups in total. The summed E-state index contributed by atoms with van der Waals surface area (Å²) in [6.07, 6.45) is 5.42. The summed E-state index contributed by atoms with van der Waals surface area (Å²) in [5.74, 6) is 0. The number of methoxy groups -OCH3 is 1. The van der Waals surface area contributed by atoms with E-state index >= 15 is 0 Å². The monoisotopic (exact) mass is 239 g/mol. The second-order valence-corrected chi connectivity index (χ2v) is 5.60. The van der Waals surface area contributed by atoms with Crippen molar-refractivity contribution in [1.82, 2.24) is 5.32 Å². The lowest BCUT2D eigenvalue weighted by Gasteiger charge is -2.30. The van der Waals surface area contributed by atoms with E-state index in [0.717, 1.165) is 6.42 Å². The Bertz CT molecular complexity index is 299. The third-order valence-corrected chi connectivity index (χ3v) is 4.47. The second kappa shape index (κ2) is 5.80. The third-order valence-electron chi connectivity index (χ3n) is 3.42. The number of thiophene rings is 1. The highest BCUT2D eigenvalue weighted by molar-refractivity contribution is 7.10. The van der Waals surface area contributed by atoms with Gasteiger partial charge in [0.2, 0.25) is 0 Å². The van der Waals surface area contributed by atoms with Crippen LogP contribution < -0.4 is 5.32 Å². The molecule has 3 heteroatoms. The fraction of sp³-hybridized carbons (Fsp3) is 0.692. The Labute approximate surface area is 102 Å². The van der Waals surface area contributed by atoms with Crippen LogP contribution in [0.5, 0.6) is 0 Å². The summed E-state index contributed by atoms with van der Waals surface area (Å²) in [5.41, 5.74) is 0. The lowest BCUT2D eigenvalue weighted by molar-refractivity contribution is 0.0573. The summed E-state index contributed by atoms with van der Waals surface area (Å²) in [4.78, 5) is 1.43. The summed E-state index contributed by atoms with van der Waals surface area (Å²) in [6, 6.07) is 5.42. The van der Waals surface area contributed by atoms with Gasteiger partial charge in [0.15, 0.2) is 0 Å². The number of nitrogens with one attached hydrogen (secondary N) is 1. The van der Waals surface area contributed by atoms with Crippen LogP contribution in [0.2, 0.25) is 0 Å². The minimum atomic E-state index is 0.460. The number of hydrogen-bond donors (Lipinski definition) is 1. The molecule has 1 heterocycles. The first-order chi connectivity index (χ1) is 7.79. The molecule has 2 rings (SSSR count). The fourth-order valence-electron chi connectivity index (χ4n) is 2.48. The maximum Gasteiger partial charge on any atom is 0.0586 e.